The summed E-state index contributed by atoms with van der Waals surface area (Å²) in [6, 6.07) is 0. The third-order valence-corrected chi connectivity index (χ3v) is 4.15. The van der Waals surface area contributed by atoms with E-state index in [0.717, 1.165) is 11.8 Å². The highest BCUT2D eigenvalue weighted by atomic mass is 79.9. The summed E-state index contributed by atoms with van der Waals surface area (Å²) in [6.45, 7) is 4.45. The fraction of sp³-hybridized carbons (Fsp3) is 0.700. The Hall–Kier alpha value is -0.400. The van der Waals surface area contributed by atoms with Gasteiger partial charge in [0.1, 0.15) is 0 Å². The molecule has 0 saturated carbocycles. The van der Waals surface area contributed by atoms with Crippen LogP contribution in [0.25, 0.3) is 0 Å². The van der Waals surface area contributed by atoms with E-state index in [1.807, 2.05) is 13.8 Å². The highest BCUT2D eigenvalue weighted by Crippen LogP contribution is 2.20. The Morgan fingerprint density at radius 1 is 1.53 bits per heavy atom. The maximum atomic E-state index is 11.9. The van der Waals surface area contributed by atoms with Crippen molar-refractivity contribution in [2.75, 3.05) is 11.9 Å². The minimum atomic E-state index is -3.49. The fourth-order valence-electron chi connectivity index (χ4n) is 1.24. The fourth-order valence-corrected chi connectivity index (χ4v) is 3.53. The Morgan fingerprint density at radius 2 is 2.18 bits per heavy atom. The number of nitrogens with one attached hydrogen (secondary N) is 1. The highest BCUT2D eigenvalue weighted by molar-refractivity contribution is 9.09. The number of hydrogen-bond acceptors (Lipinski definition) is 3. The molecule has 0 aliphatic rings. The molecule has 0 aliphatic heterocycles. The quantitative estimate of drug-likeness (QED) is 0.807. The number of sulfonamides is 1. The minimum Gasteiger partial charge on any atom is -0.339 e. The Morgan fingerprint density at radius 3 is 2.65 bits per heavy atom. The van der Waals surface area contributed by atoms with Crippen LogP contribution in [0.2, 0.25) is 0 Å². The largest absolute Gasteiger partial charge is 0.339 e. The Kier molecular flexibility index (Phi) is 4.74. The Bertz CT molecular complexity index is 468. The van der Waals surface area contributed by atoms with Crippen molar-refractivity contribution in [1.82, 2.24) is 14.3 Å². The van der Waals surface area contributed by atoms with Crippen LogP contribution in [-0.4, -0.2) is 29.8 Å². The molecule has 0 fully saturated rings. The minimum absolute atomic E-state index is 0.0645. The SMILES string of the molecule is Cn1cnc(S(=O)(=O)NCC(C)(C)CCBr)c1. The van der Waals surface area contributed by atoms with Crippen molar-refractivity contribution in [3.63, 3.8) is 0 Å². The van der Waals surface area contributed by atoms with Gasteiger partial charge in [-0.3, -0.25) is 0 Å². The molecule has 0 aromatic carbocycles. The van der Waals surface area contributed by atoms with E-state index >= 15 is 0 Å². The smallest absolute Gasteiger partial charge is 0.259 e. The van der Waals surface area contributed by atoms with Gasteiger partial charge in [-0.15, -0.1) is 0 Å². The van der Waals surface area contributed by atoms with Crippen molar-refractivity contribution in [3.05, 3.63) is 12.5 Å². The monoisotopic (exact) mass is 323 g/mol. The van der Waals surface area contributed by atoms with Crippen LogP contribution in [0.15, 0.2) is 17.6 Å². The van der Waals surface area contributed by atoms with Crippen LogP contribution in [0.1, 0.15) is 20.3 Å². The number of imidazole rings is 1. The van der Waals surface area contributed by atoms with Gasteiger partial charge < -0.3 is 4.57 Å². The second-order valence-corrected chi connectivity index (χ2v) is 7.31. The third-order valence-electron chi connectivity index (χ3n) is 2.47. The van der Waals surface area contributed by atoms with E-state index in [1.54, 1.807) is 11.6 Å². The molecule has 1 heterocycles. The molecule has 5 nitrogen and oxygen atoms in total. The zero-order valence-corrected chi connectivity index (χ0v) is 12.7. The predicted molar refractivity (Wildman–Crippen MR) is 70.6 cm³/mol. The van der Waals surface area contributed by atoms with Gasteiger partial charge in [0.15, 0.2) is 5.03 Å². The van der Waals surface area contributed by atoms with E-state index in [9.17, 15) is 8.42 Å². The molecule has 17 heavy (non-hydrogen) atoms. The van der Waals surface area contributed by atoms with Crippen LogP contribution >= 0.6 is 15.9 Å². The van der Waals surface area contributed by atoms with Gasteiger partial charge in [-0.2, -0.15) is 0 Å². The van der Waals surface area contributed by atoms with Crippen LogP contribution in [0.3, 0.4) is 0 Å². The zero-order valence-electron chi connectivity index (χ0n) is 10.3. The zero-order chi connectivity index (χ0) is 13.1. The number of hydrogen-bond donors (Lipinski definition) is 1. The molecule has 0 bridgehead atoms. The van der Waals surface area contributed by atoms with Gasteiger partial charge in [0.05, 0.1) is 6.33 Å². The second kappa shape index (κ2) is 5.49. The molecular weight excluding hydrogens is 306 g/mol. The predicted octanol–water partition coefficient (Wildman–Crippen LogP) is 1.51. The van der Waals surface area contributed by atoms with Gasteiger partial charge in [0.25, 0.3) is 10.0 Å². The number of rotatable bonds is 6. The molecule has 1 aromatic rings. The van der Waals surface area contributed by atoms with Gasteiger partial charge in [-0.05, 0) is 11.8 Å². The lowest BCUT2D eigenvalue weighted by Crippen LogP contribution is -2.34. The molecular formula is C10H18BrN3O2S. The lowest BCUT2D eigenvalue weighted by molar-refractivity contribution is 0.354. The van der Waals surface area contributed by atoms with Crippen LogP contribution in [0.4, 0.5) is 0 Å². The molecule has 7 heteroatoms. The van der Waals surface area contributed by atoms with Crippen molar-refractivity contribution >= 4 is 26.0 Å². The summed E-state index contributed by atoms with van der Waals surface area (Å²) in [6.07, 6.45) is 3.86. The van der Waals surface area contributed by atoms with Crippen LogP contribution < -0.4 is 4.72 Å². The Labute approximate surface area is 111 Å². The molecule has 0 unspecified atom stereocenters. The van der Waals surface area contributed by atoms with E-state index < -0.39 is 10.0 Å². The van der Waals surface area contributed by atoms with Gasteiger partial charge >= 0.3 is 0 Å². The summed E-state index contributed by atoms with van der Waals surface area (Å²) in [7, 11) is -1.75. The van der Waals surface area contributed by atoms with Crippen molar-refractivity contribution in [2.24, 2.45) is 12.5 Å². The summed E-state index contributed by atoms with van der Waals surface area (Å²) in [4.78, 5) is 3.84. The number of alkyl halides is 1. The summed E-state index contributed by atoms with van der Waals surface area (Å²) in [5.41, 5.74) is -0.0780. The van der Waals surface area contributed by atoms with E-state index in [-0.39, 0.29) is 10.4 Å². The molecule has 1 aromatic heterocycles. The highest BCUT2D eigenvalue weighted by Gasteiger charge is 2.23. The normalized spacial score (nSPS) is 12.9. The number of halogens is 1. The lowest BCUT2D eigenvalue weighted by atomic mass is 9.91. The molecule has 98 valence electrons. The molecule has 0 saturated heterocycles. The van der Waals surface area contributed by atoms with Gasteiger partial charge in [0, 0.05) is 25.1 Å². The van der Waals surface area contributed by atoms with Crippen LogP contribution in [-0.2, 0) is 17.1 Å². The van der Waals surface area contributed by atoms with Crippen LogP contribution in [0.5, 0.6) is 0 Å². The molecule has 1 N–H and O–H groups in total. The summed E-state index contributed by atoms with van der Waals surface area (Å²) in [5, 5.41) is 0.917. The molecule has 0 spiro atoms. The van der Waals surface area contributed by atoms with E-state index in [1.165, 1.54) is 12.5 Å². The first-order valence-electron chi connectivity index (χ1n) is 5.30. The molecule has 0 aliphatic carbocycles. The topological polar surface area (TPSA) is 64.0 Å². The molecule has 0 atom stereocenters. The van der Waals surface area contributed by atoms with Gasteiger partial charge in [-0.25, -0.2) is 18.1 Å². The Balaban J connectivity index is 2.69. The number of nitrogens with zero attached hydrogens (tertiary/aromatic N) is 2. The standard InChI is InChI=1S/C10H18BrN3O2S/c1-10(2,4-5-11)7-13-17(15,16)9-6-14(3)8-12-9/h6,8,13H,4-5,7H2,1-3H3. The van der Waals surface area contributed by atoms with Gasteiger partial charge in [0.2, 0.25) is 0 Å². The summed E-state index contributed by atoms with van der Waals surface area (Å²) in [5.74, 6) is 0. The first-order valence-corrected chi connectivity index (χ1v) is 7.91. The molecule has 0 radical (unpaired) electrons. The second-order valence-electron chi connectivity index (χ2n) is 4.81. The molecule has 1 rings (SSSR count). The first-order chi connectivity index (χ1) is 7.77. The van der Waals surface area contributed by atoms with E-state index in [0.29, 0.717) is 6.54 Å². The third kappa shape index (κ3) is 4.40. The lowest BCUT2D eigenvalue weighted by Gasteiger charge is -2.23. The number of aryl methyl sites for hydroxylation is 1. The number of aromatic nitrogens is 2. The van der Waals surface area contributed by atoms with Crippen molar-refractivity contribution in [2.45, 2.75) is 25.3 Å². The van der Waals surface area contributed by atoms with Crippen molar-refractivity contribution < 1.29 is 8.42 Å². The average Bonchev–Trinajstić information content (AvgIpc) is 2.63. The average molecular weight is 324 g/mol. The molecule has 0 amide bonds. The summed E-state index contributed by atoms with van der Waals surface area (Å²) >= 11 is 3.36. The van der Waals surface area contributed by atoms with E-state index in [2.05, 4.69) is 25.6 Å². The summed E-state index contributed by atoms with van der Waals surface area (Å²) < 4.78 is 28.0. The maximum absolute atomic E-state index is 11.9. The van der Waals surface area contributed by atoms with Crippen LogP contribution in [0, 0.1) is 5.41 Å². The van der Waals surface area contributed by atoms with Crippen molar-refractivity contribution in [1.29, 1.82) is 0 Å². The van der Waals surface area contributed by atoms with Gasteiger partial charge in [-0.1, -0.05) is 29.8 Å². The van der Waals surface area contributed by atoms with E-state index in [4.69, 9.17) is 0 Å². The maximum Gasteiger partial charge on any atom is 0.259 e. The first kappa shape index (κ1) is 14.7. The van der Waals surface area contributed by atoms with Crippen molar-refractivity contribution in [3.8, 4) is 0 Å².